The van der Waals surface area contributed by atoms with Crippen LogP contribution in [-0.4, -0.2) is 18.5 Å². The maximum absolute atomic E-state index is 13.1. The average Bonchev–Trinajstić information content (AvgIpc) is 2.63. The zero-order valence-corrected chi connectivity index (χ0v) is 15.6. The Morgan fingerprint density at radius 2 is 1.81 bits per heavy atom. The standard InChI is InChI=1S/C21H23N3O3/c1-4-27-17-8-6-5-7-16(17)23-20(25)18-14(3)22-21(26)24-19(18)15-11-9-13(2)10-12-15/h5-12,19H,4H2,1-3H3,(H,23,25)(H2,22,24,26)/t19-/m1/s1. The van der Waals surface area contributed by atoms with Gasteiger partial charge in [-0.05, 0) is 38.5 Å². The van der Waals surface area contributed by atoms with Crippen LogP contribution in [0.2, 0.25) is 0 Å². The molecule has 1 aliphatic rings. The van der Waals surface area contributed by atoms with Gasteiger partial charge in [-0.25, -0.2) is 4.79 Å². The number of anilines is 1. The summed E-state index contributed by atoms with van der Waals surface area (Å²) in [6.45, 7) is 6.10. The number of nitrogens with one attached hydrogen (secondary N) is 3. The highest BCUT2D eigenvalue weighted by Gasteiger charge is 2.31. The van der Waals surface area contributed by atoms with Crippen LogP contribution in [0.3, 0.4) is 0 Å². The molecule has 0 aliphatic carbocycles. The number of urea groups is 1. The minimum atomic E-state index is -0.529. The van der Waals surface area contributed by atoms with Crippen molar-refractivity contribution in [1.29, 1.82) is 0 Å². The molecule has 1 aliphatic heterocycles. The van der Waals surface area contributed by atoms with E-state index in [0.29, 0.717) is 29.3 Å². The number of para-hydroxylation sites is 2. The number of allylic oxidation sites excluding steroid dienone is 1. The van der Waals surface area contributed by atoms with E-state index in [-0.39, 0.29) is 11.9 Å². The Morgan fingerprint density at radius 1 is 1.11 bits per heavy atom. The molecule has 2 aromatic rings. The normalized spacial score (nSPS) is 16.4. The minimum absolute atomic E-state index is 0.294. The number of carbonyl (C=O) groups excluding carboxylic acids is 2. The Kier molecular flexibility index (Phi) is 5.45. The van der Waals surface area contributed by atoms with Crippen LogP contribution in [0, 0.1) is 6.92 Å². The van der Waals surface area contributed by atoms with Gasteiger partial charge in [-0.15, -0.1) is 0 Å². The van der Waals surface area contributed by atoms with Crippen LogP contribution in [0.15, 0.2) is 59.8 Å². The maximum Gasteiger partial charge on any atom is 0.319 e. The summed E-state index contributed by atoms with van der Waals surface area (Å²) in [5, 5.41) is 8.43. The van der Waals surface area contributed by atoms with Gasteiger partial charge in [0.2, 0.25) is 0 Å². The molecule has 1 atom stereocenters. The van der Waals surface area contributed by atoms with Crippen molar-refractivity contribution in [2.24, 2.45) is 0 Å². The van der Waals surface area contributed by atoms with Gasteiger partial charge in [0.15, 0.2) is 0 Å². The lowest BCUT2D eigenvalue weighted by Gasteiger charge is -2.29. The third-order valence-electron chi connectivity index (χ3n) is 4.36. The molecular formula is C21H23N3O3. The monoisotopic (exact) mass is 365 g/mol. The first-order valence-electron chi connectivity index (χ1n) is 8.87. The van der Waals surface area contributed by atoms with E-state index in [0.717, 1.165) is 11.1 Å². The average molecular weight is 365 g/mol. The lowest BCUT2D eigenvalue weighted by molar-refractivity contribution is -0.113. The van der Waals surface area contributed by atoms with E-state index in [1.54, 1.807) is 19.1 Å². The number of hydrogen-bond acceptors (Lipinski definition) is 3. The summed E-state index contributed by atoms with van der Waals surface area (Å²) >= 11 is 0. The van der Waals surface area contributed by atoms with Crippen molar-refractivity contribution in [2.75, 3.05) is 11.9 Å². The second-order valence-corrected chi connectivity index (χ2v) is 6.36. The topological polar surface area (TPSA) is 79.5 Å². The SMILES string of the molecule is CCOc1ccccc1NC(=O)C1=C(C)NC(=O)N[C@@H]1c1ccc(C)cc1. The lowest BCUT2D eigenvalue weighted by Crippen LogP contribution is -2.46. The summed E-state index contributed by atoms with van der Waals surface area (Å²) < 4.78 is 5.58. The van der Waals surface area contributed by atoms with Gasteiger partial charge in [-0.2, -0.15) is 0 Å². The van der Waals surface area contributed by atoms with Crippen LogP contribution < -0.4 is 20.7 Å². The number of amides is 3. The van der Waals surface area contributed by atoms with Gasteiger partial charge in [0, 0.05) is 5.70 Å². The molecule has 3 rings (SSSR count). The highest BCUT2D eigenvalue weighted by atomic mass is 16.5. The molecule has 3 amide bonds. The number of benzene rings is 2. The van der Waals surface area contributed by atoms with E-state index in [2.05, 4.69) is 16.0 Å². The Morgan fingerprint density at radius 3 is 2.52 bits per heavy atom. The molecule has 0 bridgehead atoms. The largest absolute Gasteiger partial charge is 0.492 e. The summed E-state index contributed by atoms with van der Waals surface area (Å²) in [5.74, 6) is 0.309. The highest BCUT2D eigenvalue weighted by Crippen LogP contribution is 2.30. The predicted octanol–water partition coefficient (Wildman–Crippen LogP) is 3.66. The van der Waals surface area contributed by atoms with Crippen molar-refractivity contribution in [3.8, 4) is 5.75 Å². The third-order valence-corrected chi connectivity index (χ3v) is 4.36. The molecule has 0 saturated carbocycles. The molecule has 3 N–H and O–H groups in total. The van der Waals surface area contributed by atoms with Crippen LogP contribution in [0.4, 0.5) is 10.5 Å². The van der Waals surface area contributed by atoms with Gasteiger partial charge in [0.25, 0.3) is 5.91 Å². The molecule has 1 heterocycles. The van der Waals surface area contributed by atoms with Crippen LogP contribution >= 0.6 is 0 Å². The van der Waals surface area contributed by atoms with Crippen molar-refractivity contribution < 1.29 is 14.3 Å². The summed E-state index contributed by atoms with van der Waals surface area (Å²) in [6.07, 6.45) is 0. The number of ether oxygens (including phenoxy) is 1. The molecule has 6 heteroatoms. The summed E-state index contributed by atoms with van der Waals surface area (Å²) in [7, 11) is 0. The molecule has 0 unspecified atom stereocenters. The molecule has 27 heavy (non-hydrogen) atoms. The Hall–Kier alpha value is -3.28. The van der Waals surface area contributed by atoms with Gasteiger partial charge in [0.05, 0.1) is 23.9 Å². The van der Waals surface area contributed by atoms with Crippen molar-refractivity contribution in [3.63, 3.8) is 0 Å². The second-order valence-electron chi connectivity index (χ2n) is 6.36. The molecule has 0 fully saturated rings. The molecule has 140 valence electrons. The first kappa shape index (κ1) is 18.5. The predicted molar refractivity (Wildman–Crippen MR) is 105 cm³/mol. The van der Waals surface area contributed by atoms with E-state index >= 15 is 0 Å². The molecule has 0 radical (unpaired) electrons. The fraction of sp³-hybridized carbons (Fsp3) is 0.238. The van der Waals surface area contributed by atoms with Gasteiger partial charge >= 0.3 is 6.03 Å². The molecule has 2 aromatic carbocycles. The second kappa shape index (κ2) is 7.95. The van der Waals surface area contributed by atoms with Crippen LogP contribution in [0.5, 0.6) is 5.75 Å². The fourth-order valence-electron chi connectivity index (χ4n) is 3.04. The molecule has 0 aromatic heterocycles. The van der Waals surface area contributed by atoms with Crippen molar-refractivity contribution in [1.82, 2.24) is 10.6 Å². The summed E-state index contributed by atoms with van der Waals surface area (Å²) in [6, 6.07) is 14.2. The van der Waals surface area contributed by atoms with Gasteiger partial charge in [0.1, 0.15) is 5.75 Å². The van der Waals surface area contributed by atoms with Crippen molar-refractivity contribution in [2.45, 2.75) is 26.8 Å². The van der Waals surface area contributed by atoms with Gasteiger partial charge in [-0.1, -0.05) is 42.0 Å². The fourth-order valence-corrected chi connectivity index (χ4v) is 3.04. The Balaban J connectivity index is 1.93. The Bertz CT molecular complexity index is 888. The van der Waals surface area contributed by atoms with Crippen molar-refractivity contribution >= 4 is 17.6 Å². The third kappa shape index (κ3) is 4.11. The van der Waals surface area contributed by atoms with E-state index in [9.17, 15) is 9.59 Å². The van der Waals surface area contributed by atoms with Gasteiger partial charge in [-0.3, -0.25) is 4.79 Å². The molecule has 0 spiro atoms. The van der Waals surface area contributed by atoms with E-state index in [1.165, 1.54) is 0 Å². The van der Waals surface area contributed by atoms with E-state index in [4.69, 9.17) is 4.74 Å². The first-order valence-corrected chi connectivity index (χ1v) is 8.87. The first-order chi connectivity index (χ1) is 13.0. The summed E-state index contributed by atoms with van der Waals surface area (Å²) in [4.78, 5) is 25.1. The number of rotatable bonds is 5. The van der Waals surface area contributed by atoms with Crippen LogP contribution in [0.1, 0.15) is 31.0 Å². The molecular weight excluding hydrogens is 342 g/mol. The lowest BCUT2D eigenvalue weighted by atomic mass is 9.94. The molecule has 0 saturated heterocycles. The Labute approximate surface area is 158 Å². The number of hydrogen-bond donors (Lipinski definition) is 3. The zero-order chi connectivity index (χ0) is 19.4. The summed E-state index contributed by atoms with van der Waals surface area (Å²) in [5.41, 5.74) is 3.53. The number of carbonyl (C=O) groups is 2. The van der Waals surface area contributed by atoms with E-state index < -0.39 is 6.04 Å². The zero-order valence-electron chi connectivity index (χ0n) is 15.6. The quantitative estimate of drug-likeness (QED) is 0.756. The minimum Gasteiger partial charge on any atom is -0.492 e. The maximum atomic E-state index is 13.1. The number of aryl methyl sites for hydroxylation is 1. The van der Waals surface area contributed by atoms with Crippen LogP contribution in [0.25, 0.3) is 0 Å². The van der Waals surface area contributed by atoms with E-state index in [1.807, 2.05) is 50.2 Å². The molecule has 6 nitrogen and oxygen atoms in total. The van der Waals surface area contributed by atoms with Gasteiger partial charge < -0.3 is 20.7 Å². The van der Waals surface area contributed by atoms with Crippen LogP contribution in [-0.2, 0) is 4.79 Å². The van der Waals surface area contributed by atoms with Crippen molar-refractivity contribution in [3.05, 3.63) is 70.9 Å². The smallest absolute Gasteiger partial charge is 0.319 e. The highest BCUT2D eigenvalue weighted by molar-refractivity contribution is 6.07.